The van der Waals surface area contributed by atoms with E-state index in [-0.39, 0.29) is 5.91 Å². The van der Waals surface area contributed by atoms with Gasteiger partial charge in [-0.3, -0.25) is 4.79 Å². The van der Waals surface area contributed by atoms with Crippen molar-refractivity contribution in [3.63, 3.8) is 0 Å². The van der Waals surface area contributed by atoms with Crippen molar-refractivity contribution in [3.05, 3.63) is 53.7 Å². The molecule has 0 spiro atoms. The van der Waals surface area contributed by atoms with E-state index in [0.717, 1.165) is 11.3 Å². The lowest BCUT2D eigenvalue weighted by molar-refractivity contribution is 0.0952. The number of aromatic nitrogens is 4. The van der Waals surface area contributed by atoms with E-state index in [1.165, 1.54) is 0 Å². The minimum atomic E-state index is -0.165. The Hall–Kier alpha value is -2.63. The molecular weight excluding hydrogens is 254 g/mol. The Balaban J connectivity index is 1.80. The summed E-state index contributed by atoms with van der Waals surface area (Å²) in [6, 6.07) is 3.82. The topological polar surface area (TPSA) is 64.2 Å². The minimum absolute atomic E-state index is 0.165. The zero-order chi connectivity index (χ0) is 14.1. The highest BCUT2D eigenvalue weighted by molar-refractivity contribution is 5.99. The van der Waals surface area contributed by atoms with Gasteiger partial charge in [0.05, 0.1) is 6.20 Å². The zero-order valence-electron chi connectivity index (χ0n) is 11.4. The van der Waals surface area contributed by atoms with Crippen LogP contribution in [0.5, 0.6) is 0 Å². The first kappa shape index (κ1) is 12.4. The lowest BCUT2D eigenvalue weighted by Crippen LogP contribution is -2.22. The van der Waals surface area contributed by atoms with Crippen LogP contribution < -0.4 is 5.32 Å². The smallest absolute Gasteiger partial charge is 0.257 e. The van der Waals surface area contributed by atoms with Crippen LogP contribution in [0.2, 0.25) is 0 Å². The van der Waals surface area contributed by atoms with Gasteiger partial charge in [0.2, 0.25) is 0 Å². The summed E-state index contributed by atoms with van der Waals surface area (Å²) in [4.78, 5) is 16.6. The number of fused-ring (bicyclic) bond motifs is 1. The molecule has 0 saturated heterocycles. The normalized spacial score (nSPS) is 10.9. The zero-order valence-corrected chi connectivity index (χ0v) is 11.4. The summed E-state index contributed by atoms with van der Waals surface area (Å²) in [5.74, 6) is -0.165. The number of carbonyl (C=O) groups is 1. The molecule has 0 fully saturated rings. The summed E-state index contributed by atoms with van der Waals surface area (Å²) in [6.07, 6.45) is 7.26. The molecule has 0 aliphatic heterocycles. The van der Waals surface area contributed by atoms with Crippen molar-refractivity contribution < 1.29 is 4.79 Å². The third kappa shape index (κ3) is 2.27. The third-order valence-corrected chi connectivity index (χ3v) is 3.10. The predicted molar refractivity (Wildman–Crippen MR) is 74.3 cm³/mol. The van der Waals surface area contributed by atoms with E-state index < -0.39 is 0 Å². The van der Waals surface area contributed by atoms with Crippen LogP contribution >= 0.6 is 0 Å². The third-order valence-electron chi connectivity index (χ3n) is 3.10. The Morgan fingerprint density at radius 2 is 2.20 bits per heavy atom. The van der Waals surface area contributed by atoms with Gasteiger partial charge < -0.3 is 9.88 Å². The first-order valence-corrected chi connectivity index (χ1v) is 6.33. The molecule has 3 heterocycles. The van der Waals surface area contributed by atoms with Crippen molar-refractivity contribution in [2.75, 3.05) is 0 Å². The van der Waals surface area contributed by atoms with Crippen molar-refractivity contribution in [1.29, 1.82) is 0 Å². The average molecular weight is 269 g/mol. The molecule has 102 valence electrons. The maximum absolute atomic E-state index is 12.2. The molecule has 0 aliphatic carbocycles. The number of aryl methyl sites for hydroxylation is 2. The second-order valence-electron chi connectivity index (χ2n) is 4.76. The summed E-state index contributed by atoms with van der Waals surface area (Å²) in [7, 11) is 1.95. The van der Waals surface area contributed by atoms with Gasteiger partial charge in [0.15, 0.2) is 5.65 Å². The van der Waals surface area contributed by atoms with Gasteiger partial charge in [0.25, 0.3) is 5.91 Å². The Morgan fingerprint density at radius 3 is 2.95 bits per heavy atom. The first-order chi connectivity index (χ1) is 9.63. The largest absolute Gasteiger partial charge is 0.357 e. The van der Waals surface area contributed by atoms with Crippen LogP contribution in [0.15, 0.2) is 36.9 Å². The van der Waals surface area contributed by atoms with Crippen molar-refractivity contribution in [1.82, 2.24) is 24.5 Å². The molecule has 0 radical (unpaired) electrons. The number of carbonyl (C=O) groups excluding carboxylic acids is 1. The molecule has 0 saturated carbocycles. The SMILES string of the molecule is Cc1ccn2ncc(C(=O)NCc3ccn(C)c3)c2n1. The fourth-order valence-electron chi connectivity index (χ4n) is 2.06. The monoisotopic (exact) mass is 269 g/mol. The van der Waals surface area contributed by atoms with E-state index in [4.69, 9.17) is 0 Å². The highest BCUT2D eigenvalue weighted by atomic mass is 16.1. The van der Waals surface area contributed by atoms with E-state index in [2.05, 4.69) is 15.4 Å². The fourth-order valence-corrected chi connectivity index (χ4v) is 2.06. The number of rotatable bonds is 3. The van der Waals surface area contributed by atoms with Gasteiger partial charge in [0, 0.05) is 37.9 Å². The number of hydrogen-bond acceptors (Lipinski definition) is 3. The van der Waals surface area contributed by atoms with Gasteiger partial charge in [-0.05, 0) is 24.6 Å². The van der Waals surface area contributed by atoms with E-state index in [1.807, 2.05) is 43.1 Å². The molecular formula is C14H15N5O. The molecule has 1 N–H and O–H groups in total. The molecule has 0 aromatic carbocycles. The maximum atomic E-state index is 12.2. The molecule has 20 heavy (non-hydrogen) atoms. The highest BCUT2D eigenvalue weighted by Crippen LogP contribution is 2.09. The lowest BCUT2D eigenvalue weighted by atomic mass is 10.3. The fraction of sp³-hybridized carbons (Fsp3) is 0.214. The first-order valence-electron chi connectivity index (χ1n) is 6.33. The summed E-state index contributed by atoms with van der Waals surface area (Å²) >= 11 is 0. The van der Waals surface area contributed by atoms with Crippen molar-refractivity contribution >= 4 is 11.6 Å². The van der Waals surface area contributed by atoms with Gasteiger partial charge in [-0.1, -0.05) is 0 Å². The Labute approximate surface area is 116 Å². The lowest BCUT2D eigenvalue weighted by Gasteiger charge is -2.02. The summed E-state index contributed by atoms with van der Waals surface area (Å²) in [5, 5.41) is 7.01. The average Bonchev–Trinajstić information content (AvgIpc) is 3.02. The van der Waals surface area contributed by atoms with E-state index in [9.17, 15) is 4.79 Å². The van der Waals surface area contributed by atoms with Gasteiger partial charge in [0.1, 0.15) is 5.56 Å². The molecule has 0 bridgehead atoms. The number of amides is 1. The second-order valence-corrected chi connectivity index (χ2v) is 4.76. The van der Waals surface area contributed by atoms with E-state index in [0.29, 0.717) is 17.8 Å². The van der Waals surface area contributed by atoms with Gasteiger partial charge in [-0.2, -0.15) is 5.10 Å². The Morgan fingerprint density at radius 1 is 1.35 bits per heavy atom. The molecule has 6 nitrogen and oxygen atoms in total. The summed E-state index contributed by atoms with van der Waals surface area (Å²) < 4.78 is 3.55. The van der Waals surface area contributed by atoms with Crippen LogP contribution in [-0.4, -0.2) is 25.1 Å². The van der Waals surface area contributed by atoms with E-state index in [1.54, 1.807) is 16.9 Å². The van der Waals surface area contributed by atoms with Crippen LogP contribution in [0.3, 0.4) is 0 Å². The summed E-state index contributed by atoms with van der Waals surface area (Å²) in [5.41, 5.74) is 2.98. The number of nitrogens with zero attached hydrogens (tertiary/aromatic N) is 4. The highest BCUT2D eigenvalue weighted by Gasteiger charge is 2.13. The Kier molecular flexibility index (Phi) is 2.98. The number of nitrogens with one attached hydrogen (secondary N) is 1. The van der Waals surface area contributed by atoms with Crippen LogP contribution in [0.1, 0.15) is 21.6 Å². The van der Waals surface area contributed by atoms with Crippen LogP contribution in [0.4, 0.5) is 0 Å². The van der Waals surface area contributed by atoms with Gasteiger partial charge in [-0.15, -0.1) is 0 Å². The molecule has 0 unspecified atom stereocenters. The van der Waals surface area contributed by atoms with Crippen molar-refractivity contribution in [2.24, 2.45) is 7.05 Å². The van der Waals surface area contributed by atoms with Crippen LogP contribution in [0, 0.1) is 6.92 Å². The molecule has 3 aromatic rings. The van der Waals surface area contributed by atoms with Crippen LogP contribution in [0.25, 0.3) is 5.65 Å². The van der Waals surface area contributed by atoms with Crippen molar-refractivity contribution in [2.45, 2.75) is 13.5 Å². The standard InChI is InChI=1S/C14H15N5O/c1-10-3-6-19-13(17-10)12(8-16-19)14(20)15-7-11-4-5-18(2)9-11/h3-6,8-9H,7H2,1-2H3,(H,15,20). The summed E-state index contributed by atoms with van der Waals surface area (Å²) in [6.45, 7) is 2.38. The molecule has 0 atom stereocenters. The quantitative estimate of drug-likeness (QED) is 0.779. The van der Waals surface area contributed by atoms with Crippen molar-refractivity contribution in [3.8, 4) is 0 Å². The van der Waals surface area contributed by atoms with Gasteiger partial charge in [-0.25, -0.2) is 9.50 Å². The predicted octanol–water partition coefficient (Wildman–Crippen LogP) is 1.31. The molecule has 6 heteroatoms. The Bertz CT molecular complexity index is 771. The molecule has 3 rings (SSSR count). The molecule has 1 amide bonds. The minimum Gasteiger partial charge on any atom is -0.357 e. The second kappa shape index (κ2) is 4.80. The van der Waals surface area contributed by atoms with Crippen LogP contribution in [-0.2, 0) is 13.6 Å². The molecule has 0 aliphatic rings. The molecule has 3 aromatic heterocycles. The number of hydrogen-bond donors (Lipinski definition) is 1. The van der Waals surface area contributed by atoms with E-state index >= 15 is 0 Å². The van der Waals surface area contributed by atoms with Gasteiger partial charge >= 0.3 is 0 Å². The maximum Gasteiger partial charge on any atom is 0.257 e.